The highest BCUT2D eigenvalue weighted by Crippen LogP contribution is 2.38. The van der Waals surface area contributed by atoms with Gasteiger partial charge in [0, 0.05) is 19.1 Å². The second-order valence-corrected chi connectivity index (χ2v) is 10.6. The third-order valence-corrected chi connectivity index (χ3v) is 8.01. The van der Waals surface area contributed by atoms with Gasteiger partial charge in [-0.3, -0.25) is 4.79 Å². The van der Waals surface area contributed by atoms with E-state index in [9.17, 15) is 18.0 Å². The molecule has 7 nitrogen and oxygen atoms in total. The molecule has 0 radical (unpaired) electrons. The summed E-state index contributed by atoms with van der Waals surface area (Å²) in [5.74, 6) is -0.0236. The smallest absolute Gasteiger partial charge is 0.317 e. The predicted octanol–water partition coefficient (Wildman–Crippen LogP) is 2.55. The molecule has 0 aliphatic carbocycles. The zero-order valence-corrected chi connectivity index (χ0v) is 18.5. The Balaban J connectivity index is 1.55. The molecule has 1 N–H and O–H groups in total. The van der Waals surface area contributed by atoms with Crippen molar-refractivity contribution in [2.75, 3.05) is 31.2 Å². The number of benzene rings is 1. The molecule has 2 aliphatic rings. The minimum atomic E-state index is -3.04. The summed E-state index contributed by atoms with van der Waals surface area (Å²) in [6, 6.07) is 9.65. The van der Waals surface area contributed by atoms with Gasteiger partial charge in [0.1, 0.15) is 0 Å². The van der Waals surface area contributed by atoms with Crippen LogP contribution in [0.25, 0.3) is 0 Å². The molecule has 3 rings (SSSR count). The van der Waals surface area contributed by atoms with Gasteiger partial charge in [-0.05, 0) is 51.0 Å². The first-order valence-corrected chi connectivity index (χ1v) is 12.6. The molecule has 0 saturated carbocycles. The number of carbonyl (C=O) groups is 2. The number of esters is 1. The Bertz CT molecular complexity index is 832. The summed E-state index contributed by atoms with van der Waals surface area (Å²) in [4.78, 5) is 27.0. The number of aryl methyl sites for hydroxylation is 1. The van der Waals surface area contributed by atoms with E-state index in [4.69, 9.17) is 4.74 Å². The number of carbonyl (C=O) groups excluding carboxylic acids is 2. The van der Waals surface area contributed by atoms with E-state index in [2.05, 4.69) is 17.4 Å². The number of nitrogens with zero attached hydrogens (tertiary/aromatic N) is 1. The van der Waals surface area contributed by atoms with Crippen molar-refractivity contribution in [3.05, 3.63) is 35.9 Å². The molecule has 2 saturated heterocycles. The summed E-state index contributed by atoms with van der Waals surface area (Å²) in [6.45, 7) is 3.10. The number of rotatable bonds is 7. The first-order valence-electron chi connectivity index (χ1n) is 10.8. The third-order valence-electron chi connectivity index (χ3n) is 6.24. The average Bonchev–Trinajstić information content (AvgIpc) is 3.07. The van der Waals surface area contributed by atoms with Gasteiger partial charge in [-0.2, -0.15) is 0 Å². The van der Waals surface area contributed by atoms with Gasteiger partial charge in [-0.1, -0.05) is 30.3 Å². The van der Waals surface area contributed by atoms with E-state index in [0.29, 0.717) is 39.0 Å². The number of hydrogen-bond donors (Lipinski definition) is 1. The Labute approximate surface area is 179 Å². The van der Waals surface area contributed by atoms with Crippen LogP contribution in [0.5, 0.6) is 0 Å². The van der Waals surface area contributed by atoms with Crippen molar-refractivity contribution in [1.29, 1.82) is 0 Å². The second-order valence-electron chi connectivity index (χ2n) is 8.38. The molecule has 0 bridgehead atoms. The molecule has 2 heterocycles. The lowest BCUT2D eigenvalue weighted by Crippen LogP contribution is -2.52. The van der Waals surface area contributed by atoms with Crippen molar-refractivity contribution in [3.63, 3.8) is 0 Å². The Hall–Kier alpha value is -2.09. The molecule has 0 spiro atoms. The van der Waals surface area contributed by atoms with Crippen LogP contribution in [-0.4, -0.2) is 62.6 Å². The summed E-state index contributed by atoms with van der Waals surface area (Å²) in [7, 11) is -3.04. The van der Waals surface area contributed by atoms with Crippen LogP contribution in [0.1, 0.15) is 44.6 Å². The predicted molar refractivity (Wildman–Crippen MR) is 115 cm³/mol. The van der Waals surface area contributed by atoms with Crippen molar-refractivity contribution < 1.29 is 22.7 Å². The van der Waals surface area contributed by atoms with E-state index in [1.807, 2.05) is 25.1 Å². The maximum Gasteiger partial charge on any atom is 0.317 e. The molecule has 0 aromatic heterocycles. The zero-order chi connectivity index (χ0) is 21.6. The molecule has 1 aromatic carbocycles. The SMILES string of the molecule is CCOC(=O)C1(CCCc2ccccc2)CCN(C(=O)N[C@H]2CCS(=O)(=O)C2)CC1. The number of urea groups is 1. The van der Waals surface area contributed by atoms with Gasteiger partial charge >= 0.3 is 12.0 Å². The molecule has 30 heavy (non-hydrogen) atoms. The van der Waals surface area contributed by atoms with Gasteiger partial charge in [0.15, 0.2) is 9.84 Å². The number of sulfone groups is 1. The van der Waals surface area contributed by atoms with Crippen LogP contribution in [-0.2, 0) is 25.8 Å². The summed E-state index contributed by atoms with van der Waals surface area (Å²) >= 11 is 0. The van der Waals surface area contributed by atoms with Gasteiger partial charge in [0.05, 0.1) is 23.5 Å². The molecule has 166 valence electrons. The first-order chi connectivity index (χ1) is 14.3. The number of ether oxygens (including phenoxy) is 1. The zero-order valence-electron chi connectivity index (χ0n) is 17.6. The van der Waals surface area contributed by atoms with Gasteiger partial charge < -0.3 is 15.0 Å². The van der Waals surface area contributed by atoms with E-state index in [1.165, 1.54) is 5.56 Å². The van der Waals surface area contributed by atoms with Crippen molar-refractivity contribution in [1.82, 2.24) is 10.2 Å². The Morgan fingerprint density at radius 2 is 1.90 bits per heavy atom. The van der Waals surface area contributed by atoms with Crippen LogP contribution in [0.4, 0.5) is 4.79 Å². The minimum Gasteiger partial charge on any atom is -0.466 e. The molecule has 1 aromatic rings. The quantitative estimate of drug-likeness (QED) is 0.663. The van der Waals surface area contributed by atoms with E-state index < -0.39 is 15.3 Å². The average molecular weight is 437 g/mol. The number of nitrogens with one attached hydrogen (secondary N) is 1. The van der Waals surface area contributed by atoms with Crippen LogP contribution in [0.15, 0.2) is 30.3 Å². The normalized spacial score (nSPS) is 22.4. The minimum absolute atomic E-state index is 0.0127. The lowest BCUT2D eigenvalue weighted by Gasteiger charge is -2.40. The monoisotopic (exact) mass is 436 g/mol. The fourth-order valence-corrected chi connectivity index (χ4v) is 6.10. The Kier molecular flexibility index (Phi) is 7.39. The molecule has 2 fully saturated rings. The number of piperidine rings is 1. The van der Waals surface area contributed by atoms with E-state index >= 15 is 0 Å². The molecule has 0 unspecified atom stereocenters. The highest BCUT2D eigenvalue weighted by molar-refractivity contribution is 7.91. The van der Waals surface area contributed by atoms with Crippen LogP contribution in [0, 0.1) is 5.41 Å². The standard InChI is InChI=1S/C22H32N2O5S/c1-2-29-20(25)22(11-6-9-18-7-4-3-5-8-18)12-14-24(15-13-22)21(26)23-19-10-16-30(27,28)17-19/h3-5,7-8,19H,2,6,9-17H2,1H3,(H,23,26)/t19-/m0/s1. The van der Waals surface area contributed by atoms with E-state index in [0.717, 1.165) is 19.3 Å². The summed E-state index contributed by atoms with van der Waals surface area (Å²) in [5.41, 5.74) is 0.693. The molecule has 8 heteroatoms. The Morgan fingerprint density at radius 3 is 2.50 bits per heavy atom. The fraction of sp³-hybridized carbons (Fsp3) is 0.636. The van der Waals surface area contributed by atoms with Gasteiger partial charge in [0.25, 0.3) is 0 Å². The molecular formula is C22H32N2O5S. The summed E-state index contributed by atoms with van der Waals surface area (Å²) < 4.78 is 28.6. The van der Waals surface area contributed by atoms with E-state index in [1.54, 1.807) is 4.90 Å². The van der Waals surface area contributed by atoms with Crippen molar-refractivity contribution in [2.45, 2.75) is 51.5 Å². The molecule has 1 atom stereocenters. The summed E-state index contributed by atoms with van der Waals surface area (Å²) in [5, 5.41) is 2.84. The van der Waals surface area contributed by atoms with E-state index in [-0.39, 0.29) is 29.5 Å². The Morgan fingerprint density at radius 1 is 1.20 bits per heavy atom. The number of amides is 2. The number of likely N-dealkylation sites (tertiary alicyclic amines) is 1. The maximum absolute atomic E-state index is 12.8. The van der Waals surface area contributed by atoms with Crippen LogP contribution < -0.4 is 5.32 Å². The van der Waals surface area contributed by atoms with Crippen LogP contribution in [0.3, 0.4) is 0 Å². The lowest BCUT2D eigenvalue weighted by molar-refractivity contribution is -0.159. The molecule has 2 aliphatic heterocycles. The second kappa shape index (κ2) is 9.81. The van der Waals surface area contributed by atoms with Gasteiger partial charge in [0.2, 0.25) is 0 Å². The topological polar surface area (TPSA) is 92.8 Å². The highest BCUT2D eigenvalue weighted by Gasteiger charge is 2.43. The lowest BCUT2D eigenvalue weighted by atomic mass is 9.74. The third kappa shape index (κ3) is 5.74. The van der Waals surface area contributed by atoms with Crippen LogP contribution in [0.2, 0.25) is 0 Å². The first kappa shape index (κ1) is 22.6. The maximum atomic E-state index is 12.8. The van der Waals surface area contributed by atoms with Gasteiger partial charge in [-0.15, -0.1) is 0 Å². The van der Waals surface area contributed by atoms with Crippen molar-refractivity contribution in [3.8, 4) is 0 Å². The number of hydrogen-bond acceptors (Lipinski definition) is 5. The highest BCUT2D eigenvalue weighted by atomic mass is 32.2. The largest absolute Gasteiger partial charge is 0.466 e. The van der Waals surface area contributed by atoms with Gasteiger partial charge in [-0.25, -0.2) is 13.2 Å². The fourth-order valence-electron chi connectivity index (χ4n) is 4.43. The van der Waals surface area contributed by atoms with Crippen LogP contribution >= 0.6 is 0 Å². The molecule has 2 amide bonds. The summed E-state index contributed by atoms with van der Waals surface area (Å²) in [6.07, 6.45) is 4.12. The van der Waals surface area contributed by atoms with Crippen molar-refractivity contribution >= 4 is 21.8 Å². The van der Waals surface area contributed by atoms with Crippen molar-refractivity contribution in [2.24, 2.45) is 5.41 Å². The molecular weight excluding hydrogens is 404 g/mol.